The van der Waals surface area contributed by atoms with E-state index in [-0.39, 0.29) is 0 Å². The molecule has 1 aliphatic heterocycles. The number of piperidine rings is 1. The van der Waals surface area contributed by atoms with Gasteiger partial charge in [-0.2, -0.15) is 0 Å². The molecule has 104 valence electrons. The van der Waals surface area contributed by atoms with Gasteiger partial charge < -0.3 is 10.2 Å². The van der Waals surface area contributed by atoms with E-state index in [1.54, 1.807) is 0 Å². The minimum atomic E-state index is 0.779. The molecule has 3 rings (SSSR count). The van der Waals surface area contributed by atoms with Crippen LogP contribution in [0, 0.1) is 5.41 Å². The summed E-state index contributed by atoms with van der Waals surface area (Å²) in [5, 5.41) is 3.63. The Hall–Kier alpha value is -0.0800. The van der Waals surface area contributed by atoms with Crippen molar-refractivity contribution < 1.29 is 0 Å². The molecule has 3 aliphatic rings. The Kier molecular flexibility index (Phi) is 4.25. The fourth-order valence-electron chi connectivity index (χ4n) is 3.95. The molecule has 2 saturated carbocycles. The van der Waals surface area contributed by atoms with Crippen molar-refractivity contribution in [2.24, 2.45) is 5.41 Å². The van der Waals surface area contributed by atoms with Crippen LogP contribution in [0.1, 0.15) is 64.2 Å². The summed E-state index contributed by atoms with van der Waals surface area (Å²) >= 11 is 0. The summed E-state index contributed by atoms with van der Waals surface area (Å²) in [5.41, 5.74) is 0.779. The van der Waals surface area contributed by atoms with Crippen LogP contribution in [-0.4, -0.2) is 37.1 Å². The van der Waals surface area contributed by atoms with Crippen LogP contribution < -0.4 is 5.32 Å². The van der Waals surface area contributed by atoms with Crippen LogP contribution in [0.4, 0.5) is 0 Å². The maximum absolute atomic E-state index is 3.63. The van der Waals surface area contributed by atoms with Crippen molar-refractivity contribution in [1.82, 2.24) is 10.2 Å². The number of nitrogens with one attached hydrogen (secondary N) is 1. The van der Waals surface area contributed by atoms with Crippen LogP contribution in [0.25, 0.3) is 0 Å². The van der Waals surface area contributed by atoms with E-state index in [1.165, 1.54) is 90.4 Å². The van der Waals surface area contributed by atoms with E-state index < -0.39 is 0 Å². The Morgan fingerprint density at radius 2 is 1.67 bits per heavy atom. The molecule has 1 spiro atoms. The zero-order valence-corrected chi connectivity index (χ0v) is 11.9. The quantitative estimate of drug-likeness (QED) is 0.754. The fourth-order valence-corrected chi connectivity index (χ4v) is 3.95. The smallest absolute Gasteiger partial charge is 0.00682 e. The predicted octanol–water partition coefficient (Wildman–Crippen LogP) is 3.17. The summed E-state index contributed by atoms with van der Waals surface area (Å²) in [6.45, 7) is 5.33. The first-order valence-electron chi connectivity index (χ1n) is 8.32. The van der Waals surface area contributed by atoms with E-state index in [9.17, 15) is 0 Å². The Bertz CT molecular complexity index is 244. The Balaban J connectivity index is 1.31. The van der Waals surface area contributed by atoms with Gasteiger partial charge in [0.05, 0.1) is 0 Å². The molecule has 1 saturated heterocycles. The Morgan fingerprint density at radius 1 is 0.944 bits per heavy atom. The molecule has 1 N–H and O–H groups in total. The number of hydrogen-bond donors (Lipinski definition) is 1. The van der Waals surface area contributed by atoms with Crippen molar-refractivity contribution in [1.29, 1.82) is 0 Å². The number of likely N-dealkylation sites (tertiary alicyclic amines) is 1. The standard InChI is InChI=1S/C16H30N2/c1-2-7-16(8-3-1)9-13-18(14-10-16)12-4-11-17-15-5-6-15/h15,17H,1-14H2. The molecule has 18 heavy (non-hydrogen) atoms. The third-order valence-corrected chi connectivity index (χ3v) is 5.49. The lowest BCUT2D eigenvalue weighted by molar-refractivity contribution is 0.0673. The van der Waals surface area contributed by atoms with Gasteiger partial charge in [0.15, 0.2) is 0 Å². The average Bonchev–Trinajstić information content (AvgIpc) is 3.22. The molecular weight excluding hydrogens is 220 g/mol. The van der Waals surface area contributed by atoms with E-state index >= 15 is 0 Å². The highest BCUT2D eigenvalue weighted by atomic mass is 15.1. The maximum atomic E-state index is 3.63. The largest absolute Gasteiger partial charge is 0.314 e. The third kappa shape index (κ3) is 3.48. The molecule has 0 bridgehead atoms. The van der Waals surface area contributed by atoms with Gasteiger partial charge in [0.2, 0.25) is 0 Å². The fraction of sp³-hybridized carbons (Fsp3) is 1.00. The van der Waals surface area contributed by atoms with Gasteiger partial charge in [0.1, 0.15) is 0 Å². The summed E-state index contributed by atoms with van der Waals surface area (Å²) in [6, 6.07) is 0.886. The van der Waals surface area contributed by atoms with E-state index in [2.05, 4.69) is 10.2 Å². The van der Waals surface area contributed by atoms with Crippen molar-refractivity contribution in [2.45, 2.75) is 70.3 Å². The van der Waals surface area contributed by atoms with Gasteiger partial charge in [0, 0.05) is 6.04 Å². The van der Waals surface area contributed by atoms with Crippen LogP contribution in [0.5, 0.6) is 0 Å². The first-order chi connectivity index (χ1) is 8.86. The molecule has 0 aromatic rings. The lowest BCUT2D eigenvalue weighted by Gasteiger charge is -2.44. The molecule has 2 heteroatoms. The molecule has 0 amide bonds. The molecular formula is C16H30N2. The van der Waals surface area contributed by atoms with E-state index in [1.807, 2.05) is 0 Å². The number of rotatable bonds is 5. The second-order valence-electron chi connectivity index (χ2n) is 6.98. The molecule has 1 heterocycles. The van der Waals surface area contributed by atoms with Gasteiger partial charge in [-0.3, -0.25) is 0 Å². The predicted molar refractivity (Wildman–Crippen MR) is 76.8 cm³/mol. The third-order valence-electron chi connectivity index (χ3n) is 5.49. The van der Waals surface area contributed by atoms with Crippen molar-refractivity contribution in [3.8, 4) is 0 Å². The first-order valence-corrected chi connectivity index (χ1v) is 8.32. The molecule has 0 atom stereocenters. The van der Waals surface area contributed by atoms with Crippen LogP contribution >= 0.6 is 0 Å². The van der Waals surface area contributed by atoms with Crippen LogP contribution in [-0.2, 0) is 0 Å². The summed E-state index contributed by atoms with van der Waals surface area (Å²) in [7, 11) is 0. The minimum Gasteiger partial charge on any atom is -0.314 e. The zero-order valence-electron chi connectivity index (χ0n) is 11.9. The van der Waals surface area contributed by atoms with Crippen molar-refractivity contribution in [3.63, 3.8) is 0 Å². The highest BCUT2D eigenvalue weighted by Gasteiger charge is 2.35. The normalized spacial score (nSPS) is 28.7. The first kappa shape index (κ1) is 12.9. The van der Waals surface area contributed by atoms with Gasteiger partial charge in [-0.25, -0.2) is 0 Å². The minimum absolute atomic E-state index is 0.779. The second kappa shape index (κ2) is 5.92. The average molecular weight is 250 g/mol. The summed E-state index contributed by atoms with van der Waals surface area (Å²) in [6.07, 6.45) is 14.7. The Morgan fingerprint density at radius 3 is 2.33 bits per heavy atom. The van der Waals surface area contributed by atoms with Crippen LogP contribution in [0.15, 0.2) is 0 Å². The van der Waals surface area contributed by atoms with Crippen molar-refractivity contribution in [2.75, 3.05) is 26.2 Å². The second-order valence-corrected chi connectivity index (χ2v) is 6.98. The van der Waals surface area contributed by atoms with E-state index in [0.29, 0.717) is 0 Å². The van der Waals surface area contributed by atoms with Crippen LogP contribution in [0.2, 0.25) is 0 Å². The van der Waals surface area contributed by atoms with Crippen molar-refractivity contribution >= 4 is 0 Å². The summed E-state index contributed by atoms with van der Waals surface area (Å²) in [5.74, 6) is 0. The van der Waals surface area contributed by atoms with E-state index in [4.69, 9.17) is 0 Å². The number of hydrogen-bond acceptors (Lipinski definition) is 2. The molecule has 2 aliphatic carbocycles. The lowest BCUT2D eigenvalue weighted by Crippen LogP contribution is -2.41. The SMILES string of the molecule is C1CCC2(CC1)CCN(CCCNC1CC1)CC2. The topological polar surface area (TPSA) is 15.3 Å². The Labute approximate surface area is 113 Å². The molecule has 0 aromatic carbocycles. The van der Waals surface area contributed by atoms with Gasteiger partial charge in [0.25, 0.3) is 0 Å². The monoisotopic (exact) mass is 250 g/mol. The van der Waals surface area contributed by atoms with Crippen molar-refractivity contribution in [3.05, 3.63) is 0 Å². The van der Waals surface area contributed by atoms with Gasteiger partial charge in [-0.15, -0.1) is 0 Å². The zero-order chi connectivity index (χ0) is 12.3. The number of nitrogens with zero attached hydrogens (tertiary/aromatic N) is 1. The lowest BCUT2D eigenvalue weighted by atomic mass is 9.68. The van der Waals surface area contributed by atoms with E-state index in [0.717, 1.165) is 11.5 Å². The highest BCUT2D eigenvalue weighted by molar-refractivity contribution is 4.88. The molecule has 0 unspecified atom stereocenters. The van der Waals surface area contributed by atoms with Gasteiger partial charge in [-0.05, 0) is 76.5 Å². The van der Waals surface area contributed by atoms with Crippen LogP contribution in [0.3, 0.4) is 0 Å². The highest BCUT2D eigenvalue weighted by Crippen LogP contribution is 2.44. The van der Waals surface area contributed by atoms with Gasteiger partial charge >= 0.3 is 0 Å². The van der Waals surface area contributed by atoms with Gasteiger partial charge in [-0.1, -0.05) is 19.3 Å². The molecule has 0 radical (unpaired) electrons. The maximum Gasteiger partial charge on any atom is 0.00682 e. The summed E-state index contributed by atoms with van der Waals surface area (Å²) in [4.78, 5) is 2.72. The molecule has 2 nitrogen and oxygen atoms in total. The molecule has 0 aromatic heterocycles. The summed E-state index contributed by atoms with van der Waals surface area (Å²) < 4.78 is 0. The molecule has 3 fully saturated rings.